The highest BCUT2D eigenvalue weighted by Gasteiger charge is 2.52. The number of carbonyl (C=O) groups excluding carboxylic acids is 6. The maximum absolute atomic E-state index is 14.9. The summed E-state index contributed by atoms with van der Waals surface area (Å²) in [6.07, 6.45) is 19.5. The molecule has 1 aliphatic heterocycles. The van der Waals surface area contributed by atoms with Gasteiger partial charge in [-0.15, -0.1) is 12.3 Å². The van der Waals surface area contributed by atoms with Crippen molar-refractivity contribution in [2.45, 2.75) is 148 Å². The molecule has 0 aromatic rings. The highest BCUT2D eigenvalue weighted by molar-refractivity contribution is 6.37. The SMILES string of the molecule is C#CC(C)(C)[C@H]1CCN(C(=O)[C@@H](NC(=O)N[C@H](C(=O)C2CC2)C2CCCCC2)C2(C)CCCCC2)[C@@H]1C(=O)NC(CC1CC1)C(=O)C(N)=O. The molecule has 4 aliphatic carbocycles. The first kappa shape index (κ1) is 36.9. The number of hydrogen-bond acceptors (Lipinski definition) is 6. The maximum atomic E-state index is 14.9. The Bertz CT molecular complexity index is 1330. The molecule has 5 amide bonds. The van der Waals surface area contributed by atoms with Crippen molar-refractivity contribution in [2.24, 2.45) is 40.2 Å². The molecule has 1 unspecified atom stereocenters. The molecule has 270 valence electrons. The molecule has 0 bridgehead atoms. The molecule has 5 aliphatic rings. The summed E-state index contributed by atoms with van der Waals surface area (Å²) in [5.74, 6) is -0.151. The van der Waals surface area contributed by atoms with Crippen LogP contribution in [0.25, 0.3) is 0 Å². The van der Waals surface area contributed by atoms with Crippen LogP contribution < -0.4 is 21.7 Å². The van der Waals surface area contributed by atoms with Crippen molar-refractivity contribution in [3.63, 3.8) is 0 Å². The number of nitrogens with one attached hydrogen (secondary N) is 3. The van der Waals surface area contributed by atoms with Gasteiger partial charge in [0.2, 0.25) is 17.6 Å². The highest BCUT2D eigenvalue weighted by atomic mass is 16.2. The van der Waals surface area contributed by atoms with E-state index in [-0.39, 0.29) is 36.0 Å². The van der Waals surface area contributed by atoms with Crippen molar-refractivity contribution in [3.8, 4) is 12.3 Å². The van der Waals surface area contributed by atoms with E-state index in [1.807, 2.05) is 20.8 Å². The fourth-order valence-corrected chi connectivity index (χ4v) is 8.75. The Morgan fingerprint density at radius 1 is 0.878 bits per heavy atom. The van der Waals surface area contributed by atoms with Gasteiger partial charge in [0.05, 0.1) is 12.1 Å². The van der Waals surface area contributed by atoms with E-state index in [4.69, 9.17) is 12.2 Å². The average Bonchev–Trinajstić information content (AvgIpc) is 4.03. The highest BCUT2D eigenvalue weighted by Crippen LogP contribution is 2.43. The van der Waals surface area contributed by atoms with Gasteiger partial charge in [0.15, 0.2) is 5.78 Å². The first-order valence-corrected chi connectivity index (χ1v) is 18.8. The molecule has 0 aromatic heterocycles. The molecule has 11 nitrogen and oxygen atoms in total. The van der Waals surface area contributed by atoms with Gasteiger partial charge in [0, 0.05) is 23.8 Å². The lowest BCUT2D eigenvalue weighted by Gasteiger charge is -2.43. The number of carbonyl (C=O) groups is 6. The van der Waals surface area contributed by atoms with Gasteiger partial charge in [-0.05, 0) is 82.5 Å². The molecule has 49 heavy (non-hydrogen) atoms. The van der Waals surface area contributed by atoms with Crippen molar-refractivity contribution >= 4 is 35.3 Å². The van der Waals surface area contributed by atoms with Crippen LogP contribution in [0.15, 0.2) is 0 Å². The minimum Gasteiger partial charge on any atom is -0.363 e. The maximum Gasteiger partial charge on any atom is 0.316 e. The zero-order chi connectivity index (χ0) is 35.5. The van der Waals surface area contributed by atoms with Crippen LogP contribution in [0.2, 0.25) is 0 Å². The topological polar surface area (TPSA) is 168 Å². The van der Waals surface area contributed by atoms with Crippen LogP contribution in [0.5, 0.6) is 0 Å². The van der Waals surface area contributed by atoms with Crippen molar-refractivity contribution in [1.82, 2.24) is 20.9 Å². The number of amides is 5. The summed E-state index contributed by atoms with van der Waals surface area (Å²) in [6.45, 7) is 5.98. The first-order valence-electron chi connectivity index (χ1n) is 18.8. The Balaban J connectivity index is 1.41. The number of hydrogen-bond donors (Lipinski definition) is 4. The van der Waals surface area contributed by atoms with E-state index in [0.29, 0.717) is 12.8 Å². The summed E-state index contributed by atoms with van der Waals surface area (Å²) in [5, 5.41) is 8.87. The van der Waals surface area contributed by atoms with E-state index in [9.17, 15) is 28.8 Å². The molecule has 5 atom stereocenters. The molecule has 1 heterocycles. The standard InChI is InChI=1S/C38H57N5O6/c1-5-37(2,3)26-18-21-43(29(26)34(47)40-27(22-23-14-15-23)31(45)33(39)46)35(48)32(38(4)19-10-7-11-20-38)42-36(49)41-28(30(44)25-16-17-25)24-12-8-6-9-13-24/h1,23-29,32H,6-22H2,2-4H3,(H2,39,46)(H,40,47)(H2,41,42,49)/t26-,27?,28-,29-,32+/m0/s1. The van der Waals surface area contributed by atoms with E-state index >= 15 is 0 Å². The van der Waals surface area contributed by atoms with Gasteiger partial charge in [-0.2, -0.15) is 0 Å². The molecule has 5 fully saturated rings. The van der Waals surface area contributed by atoms with Crippen molar-refractivity contribution in [2.75, 3.05) is 6.54 Å². The molecule has 4 saturated carbocycles. The number of Topliss-reactive ketones (excluding diaryl/α,β-unsaturated/α-hetero) is 2. The van der Waals surface area contributed by atoms with Gasteiger partial charge in [-0.3, -0.25) is 24.0 Å². The summed E-state index contributed by atoms with van der Waals surface area (Å²) < 4.78 is 0. The minimum atomic E-state index is -1.11. The lowest BCUT2D eigenvalue weighted by molar-refractivity contribution is -0.145. The summed E-state index contributed by atoms with van der Waals surface area (Å²) in [6, 6.07) is -4.17. The summed E-state index contributed by atoms with van der Waals surface area (Å²) >= 11 is 0. The predicted molar refractivity (Wildman–Crippen MR) is 184 cm³/mol. The van der Waals surface area contributed by atoms with Crippen LogP contribution in [0.4, 0.5) is 4.79 Å². The molecule has 0 spiro atoms. The van der Waals surface area contributed by atoms with Gasteiger partial charge >= 0.3 is 6.03 Å². The van der Waals surface area contributed by atoms with Crippen LogP contribution in [0, 0.1) is 46.8 Å². The Morgan fingerprint density at radius 3 is 2.08 bits per heavy atom. The third-order valence-corrected chi connectivity index (χ3v) is 12.3. The van der Waals surface area contributed by atoms with Crippen LogP contribution in [0.3, 0.4) is 0 Å². The third-order valence-electron chi connectivity index (χ3n) is 12.3. The van der Waals surface area contributed by atoms with E-state index in [1.54, 1.807) is 0 Å². The number of rotatable bonds is 14. The average molecular weight is 680 g/mol. The number of nitrogens with two attached hydrogens (primary N) is 1. The molecule has 5 N–H and O–H groups in total. The summed E-state index contributed by atoms with van der Waals surface area (Å²) in [7, 11) is 0. The van der Waals surface area contributed by atoms with E-state index in [0.717, 1.165) is 89.9 Å². The molecule has 0 radical (unpaired) electrons. The Hall–Kier alpha value is -3.42. The van der Waals surface area contributed by atoms with Gasteiger partial charge in [-0.1, -0.05) is 58.3 Å². The normalized spacial score (nSPS) is 26.0. The predicted octanol–water partition coefficient (Wildman–Crippen LogP) is 3.77. The number of ketones is 2. The van der Waals surface area contributed by atoms with Crippen molar-refractivity contribution in [3.05, 3.63) is 0 Å². The van der Waals surface area contributed by atoms with E-state index in [2.05, 4.69) is 21.9 Å². The molecular weight excluding hydrogens is 622 g/mol. The largest absolute Gasteiger partial charge is 0.363 e. The molecule has 1 saturated heterocycles. The molecular formula is C38H57N5O6. The van der Waals surface area contributed by atoms with Crippen molar-refractivity contribution < 1.29 is 28.8 Å². The first-order chi connectivity index (χ1) is 23.3. The second-order valence-corrected chi connectivity index (χ2v) is 16.5. The fraction of sp³-hybridized carbons (Fsp3) is 0.789. The molecule has 11 heteroatoms. The number of nitrogens with zero attached hydrogens (tertiary/aromatic N) is 1. The second-order valence-electron chi connectivity index (χ2n) is 16.5. The summed E-state index contributed by atoms with van der Waals surface area (Å²) in [4.78, 5) is 82.7. The number of likely N-dealkylation sites (tertiary alicyclic amines) is 1. The molecule has 5 rings (SSSR count). The summed E-state index contributed by atoms with van der Waals surface area (Å²) in [5.41, 5.74) is 4.01. The Morgan fingerprint density at radius 2 is 1.51 bits per heavy atom. The third kappa shape index (κ3) is 8.67. The van der Waals surface area contributed by atoms with Crippen LogP contribution in [-0.4, -0.2) is 70.9 Å². The quantitative estimate of drug-likeness (QED) is 0.161. The zero-order valence-corrected chi connectivity index (χ0v) is 29.7. The minimum absolute atomic E-state index is 0.00832. The monoisotopic (exact) mass is 679 g/mol. The van der Waals surface area contributed by atoms with Gasteiger partial charge in [0.1, 0.15) is 12.1 Å². The lowest BCUT2D eigenvalue weighted by atomic mass is 9.70. The lowest BCUT2D eigenvalue weighted by Crippen LogP contribution is -2.63. The zero-order valence-electron chi connectivity index (χ0n) is 29.7. The van der Waals surface area contributed by atoms with Gasteiger partial charge in [0.25, 0.3) is 5.91 Å². The number of urea groups is 1. The van der Waals surface area contributed by atoms with Gasteiger partial charge < -0.3 is 26.6 Å². The van der Waals surface area contributed by atoms with Crippen LogP contribution in [-0.2, 0) is 24.0 Å². The van der Waals surface area contributed by atoms with Crippen LogP contribution in [0.1, 0.15) is 124 Å². The van der Waals surface area contributed by atoms with E-state index < -0.39 is 64.5 Å². The fourth-order valence-electron chi connectivity index (χ4n) is 8.75. The van der Waals surface area contributed by atoms with Gasteiger partial charge in [-0.25, -0.2) is 4.79 Å². The Kier molecular flexibility index (Phi) is 11.4. The smallest absolute Gasteiger partial charge is 0.316 e. The molecule has 0 aromatic carbocycles. The second kappa shape index (κ2) is 15.2. The Labute approximate surface area is 291 Å². The number of primary amides is 1. The van der Waals surface area contributed by atoms with Crippen LogP contribution >= 0.6 is 0 Å². The number of terminal acetylenes is 1. The van der Waals surface area contributed by atoms with E-state index in [1.165, 1.54) is 4.90 Å². The van der Waals surface area contributed by atoms with Crippen molar-refractivity contribution in [1.29, 1.82) is 0 Å².